The summed E-state index contributed by atoms with van der Waals surface area (Å²) in [5.41, 5.74) is 2.46. The number of carbonyl (C=O) groups excluding carboxylic acids is 1. The molecule has 1 amide bonds. The zero-order chi connectivity index (χ0) is 12.7. The molecule has 3 rings (SSSR count). The fourth-order valence-corrected chi connectivity index (χ4v) is 2.75. The maximum absolute atomic E-state index is 11.9. The summed E-state index contributed by atoms with van der Waals surface area (Å²) in [5, 5.41) is 0. The molecule has 18 heavy (non-hydrogen) atoms. The first kappa shape index (κ1) is 11.4. The van der Waals surface area contributed by atoms with E-state index in [1.165, 1.54) is 11.1 Å². The highest BCUT2D eigenvalue weighted by atomic mass is 16.7. The van der Waals surface area contributed by atoms with E-state index in [1.807, 2.05) is 17.9 Å². The molecule has 0 fully saturated rings. The second-order valence-corrected chi connectivity index (χ2v) is 4.77. The topological polar surface area (TPSA) is 38.8 Å². The van der Waals surface area contributed by atoms with E-state index in [4.69, 9.17) is 9.47 Å². The molecule has 2 heterocycles. The Morgan fingerprint density at radius 3 is 2.83 bits per heavy atom. The van der Waals surface area contributed by atoms with Gasteiger partial charge in [-0.1, -0.05) is 6.92 Å². The van der Waals surface area contributed by atoms with Gasteiger partial charge in [0.05, 0.1) is 6.04 Å². The summed E-state index contributed by atoms with van der Waals surface area (Å²) >= 11 is 0. The molecule has 2 aliphatic heterocycles. The molecule has 1 aromatic rings. The van der Waals surface area contributed by atoms with Gasteiger partial charge in [0.25, 0.3) is 0 Å². The molecule has 1 unspecified atom stereocenters. The first-order valence-corrected chi connectivity index (χ1v) is 6.42. The fourth-order valence-electron chi connectivity index (χ4n) is 2.75. The molecule has 0 spiro atoms. The quantitative estimate of drug-likeness (QED) is 0.764. The highest BCUT2D eigenvalue weighted by molar-refractivity contribution is 5.77. The van der Waals surface area contributed by atoms with E-state index in [-0.39, 0.29) is 11.9 Å². The summed E-state index contributed by atoms with van der Waals surface area (Å²) in [6.45, 7) is 5.07. The van der Waals surface area contributed by atoms with Crippen LogP contribution in [0.15, 0.2) is 12.1 Å². The summed E-state index contributed by atoms with van der Waals surface area (Å²) in [7, 11) is 0. The van der Waals surface area contributed by atoms with Gasteiger partial charge in [0.2, 0.25) is 12.7 Å². The molecule has 1 atom stereocenters. The van der Waals surface area contributed by atoms with Gasteiger partial charge in [-0.3, -0.25) is 4.79 Å². The predicted molar refractivity (Wildman–Crippen MR) is 66.7 cm³/mol. The average molecular weight is 247 g/mol. The van der Waals surface area contributed by atoms with Crippen LogP contribution in [-0.4, -0.2) is 24.1 Å². The van der Waals surface area contributed by atoms with Crippen LogP contribution >= 0.6 is 0 Å². The molecular weight excluding hydrogens is 230 g/mol. The van der Waals surface area contributed by atoms with Gasteiger partial charge in [0.15, 0.2) is 11.5 Å². The Bertz CT molecular complexity index is 498. The average Bonchev–Trinajstić information content (AvgIpc) is 2.83. The second kappa shape index (κ2) is 4.19. The Kier molecular flexibility index (Phi) is 2.65. The van der Waals surface area contributed by atoms with Crippen LogP contribution in [0.4, 0.5) is 0 Å². The van der Waals surface area contributed by atoms with Crippen LogP contribution in [0.5, 0.6) is 11.5 Å². The summed E-state index contributed by atoms with van der Waals surface area (Å²) in [6.07, 6.45) is 1.45. The van der Waals surface area contributed by atoms with Gasteiger partial charge >= 0.3 is 0 Å². The minimum Gasteiger partial charge on any atom is -0.454 e. The lowest BCUT2D eigenvalue weighted by Gasteiger charge is -2.35. The molecule has 0 radical (unpaired) electrons. The summed E-state index contributed by atoms with van der Waals surface area (Å²) in [6, 6.07) is 4.20. The fraction of sp³-hybridized carbons (Fsp3) is 0.500. The zero-order valence-electron chi connectivity index (χ0n) is 10.7. The number of amides is 1. The van der Waals surface area contributed by atoms with Crippen molar-refractivity contribution in [1.82, 2.24) is 4.90 Å². The minimum atomic E-state index is 0.121. The highest BCUT2D eigenvalue weighted by Crippen LogP contribution is 2.40. The van der Waals surface area contributed by atoms with Crippen molar-refractivity contribution in [2.45, 2.75) is 32.7 Å². The number of hydrogen-bond donors (Lipinski definition) is 0. The van der Waals surface area contributed by atoms with E-state index in [9.17, 15) is 4.79 Å². The van der Waals surface area contributed by atoms with E-state index < -0.39 is 0 Å². The SMILES string of the molecule is CCC(=O)N1CCc2cc3c(cc2C1C)OCO3. The zero-order valence-corrected chi connectivity index (χ0v) is 10.7. The lowest BCUT2D eigenvalue weighted by Crippen LogP contribution is -2.38. The highest BCUT2D eigenvalue weighted by Gasteiger charge is 2.29. The molecule has 0 aliphatic carbocycles. The molecule has 1 aromatic carbocycles. The summed E-state index contributed by atoms with van der Waals surface area (Å²) < 4.78 is 10.8. The Morgan fingerprint density at radius 1 is 1.39 bits per heavy atom. The van der Waals surface area contributed by atoms with Crippen LogP contribution in [0, 0.1) is 0 Å². The lowest BCUT2D eigenvalue weighted by molar-refractivity contribution is -0.133. The third kappa shape index (κ3) is 1.64. The number of benzene rings is 1. The van der Waals surface area contributed by atoms with Gasteiger partial charge in [0, 0.05) is 13.0 Å². The molecule has 0 saturated carbocycles. The Labute approximate surface area is 106 Å². The molecule has 2 aliphatic rings. The number of fused-ring (bicyclic) bond motifs is 2. The van der Waals surface area contributed by atoms with Gasteiger partial charge in [-0.15, -0.1) is 0 Å². The molecule has 0 N–H and O–H groups in total. The number of hydrogen-bond acceptors (Lipinski definition) is 3. The number of ether oxygens (including phenoxy) is 2. The molecule has 4 nitrogen and oxygen atoms in total. The maximum atomic E-state index is 11.9. The molecule has 4 heteroatoms. The molecular formula is C14H17NO3. The molecule has 0 saturated heterocycles. The van der Waals surface area contributed by atoms with Gasteiger partial charge in [-0.25, -0.2) is 0 Å². The van der Waals surface area contributed by atoms with Crippen LogP contribution < -0.4 is 9.47 Å². The monoisotopic (exact) mass is 247 g/mol. The minimum absolute atomic E-state index is 0.121. The third-order valence-corrected chi connectivity index (χ3v) is 3.80. The maximum Gasteiger partial charge on any atom is 0.231 e. The standard InChI is InChI=1S/C14H17NO3/c1-3-14(16)15-5-4-10-6-12-13(18-8-17-12)7-11(10)9(15)2/h6-7,9H,3-5,8H2,1-2H3. The van der Waals surface area contributed by atoms with Gasteiger partial charge < -0.3 is 14.4 Å². The first-order chi connectivity index (χ1) is 8.70. The van der Waals surface area contributed by atoms with E-state index in [0.29, 0.717) is 13.2 Å². The normalized spacial score (nSPS) is 20.8. The van der Waals surface area contributed by atoms with Crippen molar-refractivity contribution in [3.8, 4) is 11.5 Å². The van der Waals surface area contributed by atoms with Crippen LogP contribution in [0.25, 0.3) is 0 Å². The van der Waals surface area contributed by atoms with E-state index in [2.05, 4.69) is 13.0 Å². The summed E-state index contributed by atoms with van der Waals surface area (Å²) in [5.74, 6) is 1.84. The van der Waals surface area contributed by atoms with Crippen molar-refractivity contribution in [3.63, 3.8) is 0 Å². The molecule has 0 bridgehead atoms. The van der Waals surface area contributed by atoms with Crippen molar-refractivity contribution < 1.29 is 14.3 Å². The van der Waals surface area contributed by atoms with Crippen molar-refractivity contribution in [2.24, 2.45) is 0 Å². The molecule has 0 aromatic heterocycles. The molecule has 96 valence electrons. The van der Waals surface area contributed by atoms with Crippen LogP contribution in [0.2, 0.25) is 0 Å². The summed E-state index contributed by atoms with van der Waals surface area (Å²) in [4.78, 5) is 13.8. The largest absolute Gasteiger partial charge is 0.454 e. The second-order valence-electron chi connectivity index (χ2n) is 4.77. The number of carbonyl (C=O) groups is 1. The Morgan fingerprint density at radius 2 is 2.11 bits per heavy atom. The lowest BCUT2D eigenvalue weighted by atomic mass is 9.92. The predicted octanol–water partition coefficient (Wildman–Crippen LogP) is 2.27. The van der Waals surface area contributed by atoms with E-state index in [0.717, 1.165) is 24.5 Å². The van der Waals surface area contributed by atoms with Crippen LogP contribution in [-0.2, 0) is 11.2 Å². The van der Waals surface area contributed by atoms with Crippen LogP contribution in [0.1, 0.15) is 37.4 Å². The van der Waals surface area contributed by atoms with E-state index in [1.54, 1.807) is 0 Å². The van der Waals surface area contributed by atoms with E-state index >= 15 is 0 Å². The number of nitrogens with zero attached hydrogens (tertiary/aromatic N) is 1. The Hall–Kier alpha value is -1.71. The van der Waals surface area contributed by atoms with Crippen molar-refractivity contribution in [3.05, 3.63) is 23.3 Å². The van der Waals surface area contributed by atoms with Gasteiger partial charge in [-0.2, -0.15) is 0 Å². The smallest absolute Gasteiger partial charge is 0.231 e. The van der Waals surface area contributed by atoms with Crippen molar-refractivity contribution in [2.75, 3.05) is 13.3 Å². The van der Waals surface area contributed by atoms with Crippen molar-refractivity contribution >= 4 is 5.91 Å². The Balaban J connectivity index is 1.98. The van der Waals surface area contributed by atoms with Gasteiger partial charge in [-0.05, 0) is 36.6 Å². The third-order valence-electron chi connectivity index (χ3n) is 3.80. The van der Waals surface area contributed by atoms with Gasteiger partial charge in [0.1, 0.15) is 0 Å². The number of rotatable bonds is 1. The van der Waals surface area contributed by atoms with Crippen molar-refractivity contribution in [1.29, 1.82) is 0 Å². The van der Waals surface area contributed by atoms with Crippen LogP contribution in [0.3, 0.4) is 0 Å². The first-order valence-electron chi connectivity index (χ1n) is 6.42.